The molecular formula is C9H9ClIN5O. The summed E-state index contributed by atoms with van der Waals surface area (Å²) in [5.41, 5.74) is 1.27. The molecule has 2 rings (SSSR count). The predicted molar refractivity (Wildman–Crippen MR) is 72.4 cm³/mol. The van der Waals surface area contributed by atoms with E-state index in [1.807, 2.05) is 22.9 Å². The lowest BCUT2D eigenvalue weighted by Crippen LogP contribution is -2.04. The van der Waals surface area contributed by atoms with Gasteiger partial charge in [0.1, 0.15) is 5.69 Å². The van der Waals surface area contributed by atoms with Crippen molar-refractivity contribution < 1.29 is 5.11 Å². The lowest BCUT2D eigenvalue weighted by atomic mass is 10.3. The molecule has 0 aromatic carbocycles. The van der Waals surface area contributed by atoms with Crippen LogP contribution in [0.2, 0.25) is 5.02 Å². The molecule has 2 aromatic heterocycles. The SMILES string of the molecule is CC(O)c1cnn(-c2ncc(NI)cc2Cl)n1. The van der Waals surface area contributed by atoms with Crippen LogP contribution < -0.4 is 3.53 Å². The van der Waals surface area contributed by atoms with Crippen LogP contribution in [-0.2, 0) is 0 Å². The van der Waals surface area contributed by atoms with Gasteiger partial charge in [0.15, 0.2) is 5.82 Å². The summed E-state index contributed by atoms with van der Waals surface area (Å²) >= 11 is 8.05. The highest BCUT2D eigenvalue weighted by Crippen LogP contribution is 2.21. The Morgan fingerprint density at radius 1 is 1.53 bits per heavy atom. The zero-order valence-electron chi connectivity index (χ0n) is 8.80. The molecule has 2 heterocycles. The van der Waals surface area contributed by atoms with Crippen LogP contribution in [0, 0.1) is 0 Å². The van der Waals surface area contributed by atoms with Gasteiger partial charge in [-0.3, -0.25) is 0 Å². The van der Waals surface area contributed by atoms with Gasteiger partial charge in [0, 0.05) is 0 Å². The van der Waals surface area contributed by atoms with E-state index in [0.29, 0.717) is 16.5 Å². The molecule has 0 aliphatic rings. The zero-order chi connectivity index (χ0) is 12.4. The lowest BCUT2D eigenvalue weighted by molar-refractivity contribution is 0.193. The first kappa shape index (κ1) is 12.5. The highest BCUT2D eigenvalue weighted by Gasteiger charge is 2.11. The second-order valence-electron chi connectivity index (χ2n) is 3.36. The van der Waals surface area contributed by atoms with Crippen LogP contribution in [-0.4, -0.2) is 25.1 Å². The molecule has 0 saturated heterocycles. The van der Waals surface area contributed by atoms with Gasteiger partial charge in [-0.1, -0.05) is 11.6 Å². The van der Waals surface area contributed by atoms with Crippen LogP contribution >= 0.6 is 34.5 Å². The number of anilines is 1. The van der Waals surface area contributed by atoms with Crippen molar-refractivity contribution in [3.05, 3.63) is 29.2 Å². The standard InChI is InChI=1S/C9H9ClIN5O/c1-5(17)8-4-13-16(15-8)9-7(10)2-6(14-11)3-12-9/h2-5,14,17H,1H3. The molecule has 0 radical (unpaired) electrons. The Balaban J connectivity index is 2.38. The molecule has 90 valence electrons. The lowest BCUT2D eigenvalue weighted by Gasteiger charge is -2.03. The average molecular weight is 366 g/mol. The van der Waals surface area contributed by atoms with Crippen molar-refractivity contribution in [1.29, 1.82) is 0 Å². The Morgan fingerprint density at radius 2 is 2.29 bits per heavy atom. The van der Waals surface area contributed by atoms with Crippen LogP contribution in [0.3, 0.4) is 0 Å². The van der Waals surface area contributed by atoms with Crippen LogP contribution in [0.1, 0.15) is 18.7 Å². The predicted octanol–water partition coefficient (Wildman–Crippen LogP) is 2.13. The maximum Gasteiger partial charge on any atom is 0.193 e. The van der Waals surface area contributed by atoms with Gasteiger partial charge in [0.2, 0.25) is 0 Å². The van der Waals surface area contributed by atoms with Crippen molar-refractivity contribution in [3.8, 4) is 5.82 Å². The third-order valence-electron chi connectivity index (χ3n) is 2.06. The molecular weight excluding hydrogens is 356 g/mol. The summed E-state index contributed by atoms with van der Waals surface area (Å²) in [5.74, 6) is 0.425. The van der Waals surface area contributed by atoms with Gasteiger partial charge in [0.05, 0.1) is 52.1 Å². The van der Waals surface area contributed by atoms with Crippen LogP contribution in [0.5, 0.6) is 0 Å². The molecule has 2 aromatic rings. The second-order valence-corrected chi connectivity index (χ2v) is 4.31. The quantitative estimate of drug-likeness (QED) is 0.644. The number of nitrogens with zero attached hydrogens (tertiary/aromatic N) is 4. The molecule has 0 spiro atoms. The largest absolute Gasteiger partial charge is 0.387 e. The number of halogens is 2. The van der Waals surface area contributed by atoms with Gasteiger partial charge in [-0.05, 0) is 13.0 Å². The summed E-state index contributed by atoms with van der Waals surface area (Å²) in [6, 6.07) is 1.72. The topological polar surface area (TPSA) is 75.9 Å². The molecule has 0 saturated carbocycles. The van der Waals surface area contributed by atoms with Crippen molar-refractivity contribution in [1.82, 2.24) is 20.0 Å². The number of aliphatic hydroxyl groups is 1. The number of nitrogens with one attached hydrogen (secondary N) is 1. The Labute approximate surface area is 116 Å². The Hall–Kier alpha value is -0.930. The highest BCUT2D eigenvalue weighted by atomic mass is 127. The summed E-state index contributed by atoms with van der Waals surface area (Å²) in [6.07, 6.45) is 2.43. The van der Waals surface area contributed by atoms with E-state index in [9.17, 15) is 5.11 Å². The molecule has 1 atom stereocenters. The Morgan fingerprint density at radius 3 is 2.82 bits per heavy atom. The fourth-order valence-corrected chi connectivity index (χ4v) is 1.73. The second kappa shape index (κ2) is 5.15. The van der Waals surface area contributed by atoms with Crippen LogP contribution in [0.25, 0.3) is 5.82 Å². The normalized spacial score (nSPS) is 12.5. The van der Waals surface area contributed by atoms with Crippen LogP contribution in [0.4, 0.5) is 5.69 Å². The molecule has 1 unspecified atom stereocenters. The minimum Gasteiger partial charge on any atom is -0.387 e. The van der Waals surface area contributed by atoms with E-state index in [1.54, 1.807) is 19.2 Å². The zero-order valence-corrected chi connectivity index (χ0v) is 11.7. The summed E-state index contributed by atoms with van der Waals surface area (Å²) in [6.45, 7) is 1.62. The van der Waals surface area contributed by atoms with Crippen molar-refractivity contribution in [2.24, 2.45) is 0 Å². The minimum absolute atomic E-state index is 0.425. The van der Waals surface area contributed by atoms with Crippen molar-refractivity contribution in [2.45, 2.75) is 13.0 Å². The van der Waals surface area contributed by atoms with E-state index in [2.05, 4.69) is 18.7 Å². The first-order chi connectivity index (χ1) is 8.11. The van der Waals surface area contributed by atoms with Gasteiger partial charge in [0.25, 0.3) is 0 Å². The van der Waals surface area contributed by atoms with E-state index in [-0.39, 0.29) is 0 Å². The Kier molecular flexibility index (Phi) is 3.79. The average Bonchev–Trinajstić information content (AvgIpc) is 2.78. The number of hydrogen-bond donors (Lipinski definition) is 2. The number of aliphatic hydroxyl groups excluding tert-OH is 1. The Bertz CT molecular complexity index is 530. The maximum atomic E-state index is 9.36. The van der Waals surface area contributed by atoms with E-state index in [4.69, 9.17) is 11.6 Å². The molecule has 0 fully saturated rings. The van der Waals surface area contributed by atoms with E-state index in [1.165, 1.54) is 11.0 Å². The molecule has 2 N–H and O–H groups in total. The van der Waals surface area contributed by atoms with Crippen LogP contribution in [0.15, 0.2) is 18.5 Å². The summed E-state index contributed by atoms with van der Waals surface area (Å²) < 4.78 is 2.90. The summed E-state index contributed by atoms with van der Waals surface area (Å²) in [5, 5.41) is 17.9. The van der Waals surface area contributed by atoms with Crippen molar-refractivity contribution in [3.63, 3.8) is 0 Å². The number of pyridine rings is 1. The molecule has 0 bridgehead atoms. The smallest absolute Gasteiger partial charge is 0.193 e. The first-order valence-electron chi connectivity index (χ1n) is 4.74. The molecule has 8 heteroatoms. The molecule has 0 aliphatic carbocycles. The summed E-state index contributed by atoms with van der Waals surface area (Å²) in [7, 11) is 0. The van der Waals surface area contributed by atoms with E-state index >= 15 is 0 Å². The fourth-order valence-electron chi connectivity index (χ4n) is 1.20. The molecule has 17 heavy (non-hydrogen) atoms. The van der Waals surface area contributed by atoms with E-state index < -0.39 is 6.10 Å². The van der Waals surface area contributed by atoms with Crippen molar-refractivity contribution >= 4 is 40.2 Å². The third kappa shape index (κ3) is 2.67. The third-order valence-corrected chi connectivity index (χ3v) is 2.96. The van der Waals surface area contributed by atoms with Gasteiger partial charge in [-0.2, -0.15) is 5.10 Å². The molecule has 6 nitrogen and oxygen atoms in total. The van der Waals surface area contributed by atoms with Crippen molar-refractivity contribution in [2.75, 3.05) is 3.53 Å². The highest BCUT2D eigenvalue weighted by molar-refractivity contribution is 14.1. The summed E-state index contributed by atoms with van der Waals surface area (Å²) in [4.78, 5) is 5.44. The molecule has 0 amide bonds. The fraction of sp³-hybridized carbons (Fsp3) is 0.222. The number of hydrogen-bond acceptors (Lipinski definition) is 5. The van der Waals surface area contributed by atoms with Gasteiger partial charge < -0.3 is 8.64 Å². The van der Waals surface area contributed by atoms with E-state index in [0.717, 1.165) is 5.69 Å². The minimum atomic E-state index is -0.669. The monoisotopic (exact) mass is 365 g/mol. The van der Waals surface area contributed by atoms with Gasteiger partial charge in [-0.25, -0.2) is 4.98 Å². The number of aromatic nitrogens is 4. The van der Waals surface area contributed by atoms with Gasteiger partial charge >= 0.3 is 0 Å². The molecule has 0 aliphatic heterocycles. The first-order valence-corrected chi connectivity index (χ1v) is 6.20. The number of rotatable bonds is 3. The maximum absolute atomic E-state index is 9.36. The van der Waals surface area contributed by atoms with Gasteiger partial charge in [-0.15, -0.1) is 9.90 Å².